The summed E-state index contributed by atoms with van der Waals surface area (Å²) in [4.78, 5) is 0. The standard InChI is InChI=1S/C16H15BrClFIN/c1-2-21-16(11-3-4-15(20)14(18)8-11)7-10-5-12(17)9-13(19)6-10/h3-6,8-9,16,21H,2,7H2,1H3. The van der Waals surface area contributed by atoms with Gasteiger partial charge in [-0.05, 0) is 77.0 Å². The highest BCUT2D eigenvalue weighted by atomic mass is 127. The minimum atomic E-state index is -0.227. The minimum Gasteiger partial charge on any atom is -0.310 e. The molecular weight excluding hydrogens is 467 g/mol. The van der Waals surface area contributed by atoms with E-state index in [9.17, 15) is 4.39 Å². The lowest BCUT2D eigenvalue weighted by Gasteiger charge is -2.19. The summed E-state index contributed by atoms with van der Waals surface area (Å²) in [5, 5.41) is 4.18. The molecular formula is C16H15BrClFIN. The Hall–Kier alpha value is -0.170. The van der Waals surface area contributed by atoms with E-state index in [1.54, 1.807) is 6.07 Å². The van der Waals surface area contributed by atoms with Gasteiger partial charge in [0.1, 0.15) is 5.82 Å². The van der Waals surface area contributed by atoms with Crippen molar-refractivity contribution in [2.24, 2.45) is 0 Å². The van der Waals surface area contributed by atoms with Crippen molar-refractivity contribution in [1.82, 2.24) is 5.32 Å². The van der Waals surface area contributed by atoms with Crippen LogP contribution in [0.1, 0.15) is 24.1 Å². The van der Waals surface area contributed by atoms with Gasteiger partial charge in [-0.15, -0.1) is 0 Å². The zero-order valence-electron chi connectivity index (χ0n) is 11.5. The van der Waals surface area contributed by atoms with E-state index in [2.05, 4.69) is 56.8 Å². The fourth-order valence-corrected chi connectivity index (χ4v) is 3.29. The Morgan fingerprint density at radius 1 is 1.29 bits per heavy atom. The number of nitrogens with one attached hydrogen (secondary N) is 1. The molecule has 0 radical (unpaired) electrons. The second kappa shape index (κ2) is 7.90. The topological polar surface area (TPSA) is 12.0 Å². The summed E-state index contributed by atoms with van der Waals surface area (Å²) < 4.78 is 15.3. The zero-order chi connectivity index (χ0) is 15.4. The van der Waals surface area contributed by atoms with Gasteiger partial charge >= 0.3 is 0 Å². The van der Waals surface area contributed by atoms with Crippen molar-refractivity contribution in [1.29, 1.82) is 0 Å². The first-order valence-corrected chi connectivity index (χ1v) is 8.88. The first-order valence-electron chi connectivity index (χ1n) is 6.63. The molecule has 0 saturated heterocycles. The maximum absolute atomic E-state index is 13.5. The predicted octanol–water partition coefficient (Wildman–Crippen LogP) is 5.74. The second-order valence-corrected chi connectivity index (χ2v) is 7.25. The van der Waals surface area contributed by atoms with Crippen molar-refractivity contribution in [2.75, 3.05) is 6.54 Å². The van der Waals surface area contributed by atoms with E-state index in [1.165, 1.54) is 6.07 Å². The van der Waals surface area contributed by atoms with Crippen molar-refractivity contribution in [3.05, 3.63) is 66.4 Å². The Bertz CT molecular complexity index is 615. The molecule has 1 N–H and O–H groups in total. The monoisotopic (exact) mass is 481 g/mol. The van der Waals surface area contributed by atoms with E-state index in [0.717, 1.165) is 30.7 Å². The van der Waals surface area contributed by atoms with Crippen LogP contribution < -0.4 is 5.32 Å². The fraction of sp³-hybridized carbons (Fsp3) is 0.250. The molecule has 1 unspecified atom stereocenters. The Morgan fingerprint density at radius 2 is 2.05 bits per heavy atom. The summed E-state index contributed by atoms with van der Waals surface area (Å²) in [5.74, 6) is -0.227. The highest BCUT2D eigenvalue weighted by Gasteiger charge is 2.13. The number of likely N-dealkylation sites (N-methyl/N-ethyl adjacent to an activating group) is 1. The minimum absolute atomic E-state index is 0.109. The average molecular weight is 483 g/mol. The summed E-state index contributed by atoms with van der Waals surface area (Å²) in [7, 11) is 0. The van der Waals surface area contributed by atoms with Crippen LogP contribution in [0.25, 0.3) is 0 Å². The normalized spacial score (nSPS) is 12.4. The Morgan fingerprint density at radius 3 is 2.67 bits per heavy atom. The lowest BCUT2D eigenvalue weighted by atomic mass is 9.99. The van der Waals surface area contributed by atoms with Crippen LogP contribution in [0.5, 0.6) is 0 Å². The van der Waals surface area contributed by atoms with Gasteiger partial charge in [0.25, 0.3) is 0 Å². The first kappa shape index (κ1) is 17.2. The molecule has 2 rings (SSSR count). The smallest absolute Gasteiger partial charge is 0.124 e. The number of hydrogen-bond donors (Lipinski definition) is 1. The average Bonchev–Trinajstić information content (AvgIpc) is 2.40. The van der Waals surface area contributed by atoms with E-state index in [-0.39, 0.29) is 11.9 Å². The Kier molecular flexibility index (Phi) is 6.47. The molecule has 0 fully saturated rings. The lowest BCUT2D eigenvalue weighted by Crippen LogP contribution is -2.23. The molecule has 0 aromatic heterocycles. The van der Waals surface area contributed by atoms with Crippen LogP contribution in [-0.2, 0) is 6.42 Å². The fourth-order valence-electron chi connectivity index (χ4n) is 2.25. The van der Waals surface area contributed by atoms with E-state index >= 15 is 0 Å². The number of benzene rings is 2. The van der Waals surface area contributed by atoms with E-state index in [4.69, 9.17) is 11.6 Å². The maximum Gasteiger partial charge on any atom is 0.124 e. The molecule has 21 heavy (non-hydrogen) atoms. The van der Waals surface area contributed by atoms with Crippen molar-refractivity contribution >= 4 is 50.1 Å². The number of halogens is 4. The molecule has 2 aromatic rings. The van der Waals surface area contributed by atoms with Crippen molar-refractivity contribution in [3.63, 3.8) is 0 Å². The molecule has 112 valence electrons. The van der Waals surface area contributed by atoms with Gasteiger partial charge in [-0.25, -0.2) is 4.39 Å². The third kappa shape index (κ3) is 4.91. The van der Waals surface area contributed by atoms with Gasteiger partial charge < -0.3 is 5.32 Å². The quantitative estimate of drug-likeness (QED) is 0.536. The largest absolute Gasteiger partial charge is 0.310 e. The Balaban J connectivity index is 2.27. The molecule has 1 nitrogen and oxygen atoms in total. The van der Waals surface area contributed by atoms with Crippen LogP contribution >= 0.6 is 50.1 Å². The molecule has 0 spiro atoms. The van der Waals surface area contributed by atoms with Crippen LogP contribution in [0.2, 0.25) is 5.02 Å². The van der Waals surface area contributed by atoms with Gasteiger partial charge in [0.2, 0.25) is 0 Å². The molecule has 2 aromatic carbocycles. The number of rotatable bonds is 5. The van der Waals surface area contributed by atoms with Crippen molar-refractivity contribution < 1.29 is 4.39 Å². The van der Waals surface area contributed by atoms with E-state index < -0.39 is 0 Å². The van der Waals surface area contributed by atoms with Crippen LogP contribution in [0, 0.1) is 9.39 Å². The second-order valence-electron chi connectivity index (χ2n) is 4.77. The lowest BCUT2D eigenvalue weighted by molar-refractivity contribution is 0.546. The molecule has 0 bridgehead atoms. The summed E-state index contributed by atoms with van der Waals surface area (Å²) in [6, 6.07) is 11.1. The van der Waals surface area contributed by atoms with Crippen LogP contribution in [0.4, 0.5) is 4.39 Å². The van der Waals surface area contributed by atoms with Crippen molar-refractivity contribution in [3.8, 4) is 0 Å². The molecule has 0 saturated carbocycles. The van der Waals surface area contributed by atoms with E-state index in [0.29, 0.717) is 6.42 Å². The molecule has 0 heterocycles. The molecule has 0 aliphatic heterocycles. The molecule has 0 aliphatic rings. The van der Waals surface area contributed by atoms with Gasteiger partial charge in [-0.2, -0.15) is 0 Å². The van der Waals surface area contributed by atoms with Gasteiger partial charge in [0, 0.05) is 14.1 Å². The third-order valence-electron chi connectivity index (χ3n) is 3.16. The van der Waals surface area contributed by atoms with Gasteiger partial charge in [-0.1, -0.05) is 40.5 Å². The summed E-state index contributed by atoms with van der Waals surface area (Å²) in [6.07, 6.45) is 0.709. The summed E-state index contributed by atoms with van der Waals surface area (Å²) >= 11 is 11.8. The number of hydrogen-bond acceptors (Lipinski definition) is 1. The molecule has 5 heteroatoms. The van der Waals surface area contributed by atoms with Crippen LogP contribution in [-0.4, -0.2) is 6.54 Å². The molecule has 0 aliphatic carbocycles. The molecule has 1 atom stereocenters. The van der Waals surface area contributed by atoms with Crippen molar-refractivity contribution in [2.45, 2.75) is 19.4 Å². The maximum atomic E-state index is 13.5. The van der Waals surface area contributed by atoms with Crippen LogP contribution in [0.15, 0.2) is 40.9 Å². The van der Waals surface area contributed by atoms with Crippen LogP contribution in [0.3, 0.4) is 0 Å². The first-order chi connectivity index (χ1) is 9.99. The van der Waals surface area contributed by atoms with Gasteiger partial charge in [0.15, 0.2) is 0 Å². The predicted molar refractivity (Wildman–Crippen MR) is 98.4 cm³/mol. The van der Waals surface area contributed by atoms with E-state index in [1.807, 2.05) is 18.2 Å². The van der Waals surface area contributed by atoms with Gasteiger partial charge in [-0.3, -0.25) is 0 Å². The summed E-state index contributed by atoms with van der Waals surface area (Å²) in [5.41, 5.74) is 2.06. The highest BCUT2D eigenvalue weighted by molar-refractivity contribution is 14.1. The Labute approximate surface area is 151 Å². The molecule has 0 amide bonds. The summed E-state index contributed by atoms with van der Waals surface area (Å²) in [6.45, 7) is 2.90. The third-order valence-corrected chi connectivity index (χ3v) is 5.19. The zero-order valence-corrected chi connectivity index (χ0v) is 16.0. The SMILES string of the molecule is CCNC(Cc1cc(F)cc(Br)c1)c1ccc(I)c(Cl)c1. The highest BCUT2D eigenvalue weighted by Crippen LogP contribution is 2.26. The van der Waals surface area contributed by atoms with Gasteiger partial charge in [0.05, 0.1) is 5.02 Å².